The summed E-state index contributed by atoms with van der Waals surface area (Å²) in [6.07, 6.45) is 7.25. The summed E-state index contributed by atoms with van der Waals surface area (Å²) in [6.45, 7) is 0. The van der Waals surface area contributed by atoms with Gasteiger partial charge in [0.1, 0.15) is 10.6 Å². The highest BCUT2D eigenvalue weighted by molar-refractivity contribution is 9.10. The second kappa shape index (κ2) is 5.43. The predicted octanol–water partition coefficient (Wildman–Crippen LogP) is 3.50. The van der Waals surface area contributed by atoms with Crippen molar-refractivity contribution in [1.29, 1.82) is 5.26 Å². The fraction of sp³-hybridized carbons (Fsp3) is 0.571. The van der Waals surface area contributed by atoms with Gasteiger partial charge in [-0.25, -0.2) is 4.98 Å². The van der Waals surface area contributed by atoms with Gasteiger partial charge in [-0.15, -0.1) is 11.8 Å². The molecule has 2 fully saturated rings. The summed E-state index contributed by atoms with van der Waals surface area (Å²) >= 11 is 5.33. The topological polar surface area (TPSA) is 48.7 Å². The summed E-state index contributed by atoms with van der Waals surface area (Å²) < 4.78 is 1.05. The van der Waals surface area contributed by atoms with E-state index in [0.29, 0.717) is 11.3 Å². The van der Waals surface area contributed by atoms with E-state index in [0.717, 1.165) is 28.8 Å². The molecule has 0 radical (unpaired) electrons. The Balaban J connectivity index is 1.65. The molecule has 2 aliphatic carbocycles. The number of pyridine rings is 1. The fourth-order valence-electron chi connectivity index (χ4n) is 2.60. The second-order valence-corrected chi connectivity index (χ2v) is 7.53. The highest BCUT2D eigenvalue weighted by Gasteiger charge is 2.43. The van der Waals surface area contributed by atoms with Crippen LogP contribution in [0, 0.1) is 11.3 Å². The fourth-order valence-corrected chi connectivity index (χ4v) is 4.36. The second-order valence-electron chi connectivity index (χ2n) is 5.39. The number of nitrogens with zero attached hydrogens (tertiary/aromatic N) is 2. The number of aromatic nitrogens is 1. The van der Waals surface area contributed by atoms with Crippen molar-refractivity contribution in [3.8, 4) is 6.07 Å². The minimum Gasteiger partial charge on any atom is -0.297 e. The molecule has 0 bridgehead atoms. The lowest BCUT2D eigenvalue weighted by Gasteiger charge is -2.22. The summed E-state index contributed by atoms with van der Waals surface area (Å²) in [5.41, 5.74) is -0.292. The third-order valence-corrected chi connectivity index (χ3v) is 5.93. The molecule has 2 atom stereocenters. The summed E-state index contributed by atoms with van der Waals surface area (Å²) in [5.74, 6) is 0. The van der Waals surface area contributed by atoms with Crippen LogP contribution in [0.2, 0.25) is 0 Å². The van der Waals surface area contributed by atoms with Gasteiger partial charge in [-0.05, 0) is 60.2 Å². The first kappa shape index (κ1) is 13.4. The number of hydrogen-bond donors (Lipinski definition) is 1. The summed E-state index contributed by atoms with van der Waals surface area (Å²) in [7, 11) is 0. The summed E-state index contributed by atoms with van der Waals surface area (Å²) in [5, 5.41) is 14.5. The molecule has 3 rings (SSSR count). The first-order chi connectivity index (χ1) is 9.21. The average Bonchev–Trinajstić information content (AvgIpc) is 3.13. The zero-order valence-electron chi connectivity index (χ0n) is 10.6. The quantitative estimate of drug-likeness (QED) is 0.913. The highest BCUT2D eigenvalue weighted by atomic mass is 79.9. The Morgan fingerprint density at radius 3 is 3.00 bits per heavy atom. The normalized spacial score (nSPS) is 30.2. The number of thioether (sulfide) groups is 1. The molecule has 2 saturated carbocycles. The maximum atomic E-state index is 9.49. The van der Waals surface area contributed by atoms with Crippen LogP contribution in [0.1, 0.15) is 32.1 Å². The Hall–Kier alpha value is -0.570. The van der Waals surface area contributed by atoms with Crippen LogP contribution in [0.5, 0.6) is 0 Å². The van der Waals surface area contributed by atoms with Gasteiger partial charge in [-0.3, -0.25) is 5.32 Å². The van der Waals surface area contributed by atoms with Crippen LogP contribution in [-0.4, -0.2) is 21.8 Å². The lowest BCUT2D eigenvalue weighted by atomic mass is 10.00. The molecule has 100 valence electrons. The maximum absolute atomic E-state index is 9.49. The van der Waals surface area contributed by atoms with Gasteiger partial charge < -0.3 is 0 Å². The molecule has 2 aliphatic rings. The standard InChI is InChI=1S/C14H16BrN3S/c15-12-2-1-7-17-13(12)19-11-5-6-14(8-11,9-16)18-10-3-4-10/h1-2,7,10-11,18H,3-6,8H2. The van der Waals surface area contributed by atoms with E-state index in [9.17, 15) is 5.26 Å². The number of nitrogens with one attached hydrogen (secondary N) is 1. The van der Waals surface area contributed by atoms with E-state index in [4.69, 9.17) is 0 Å². The number of nitriles is 1. The Morgan fingerprint density at radius 2 is 2.32 bits per heavy atom. The van der Waals surface area contributed by atoms with E-state index in [-0.39, 0.29) is 5.54 Å². The van der Waals surface area contributed by atoms with Gasteiger partial charge in [-0.1, -0.05) is 0 Å². The average molecular weight is 338 g/mol. The van der Waals surface area contributed by atoms with Crippen LogP contribution in [0.25, 0.3) is 0 Å². The first-order valence-electron chi connectivity index (χ1n) is 6.67. The maximum Gasteiger partial charge on any atom is 0.110 e. The molecular weight excluding hydrogens is 322 g/mol. The SMILES string of the molecule is N#CC1(NC2CC2)CCC(Sc2ncccc2Br)C1. The van der Waals surface area contributed by atoms with Crippen molar-refractivity contribution in [2.75, 3.05) is 0 Å². The van der Waals surface area contributed by atoms with E-state index >= 15 is 0 Å². The lowest BCUT2D eigenvalue weighted by Crippen LogP contribution is -2.43. The van der Waals surface area contributed by atoms with E-state index in [1.165, 1.54) is 12.8 Å². The molecule has 0 aliphatic heterocycles. The van der Waals surface area contributed by atoms with Gasteiger partial charge >= 0.3 is 0 Å². The van der Waals surface area contributed by atoms with Crippen molar-refractivity contribution in [1.82, 2.24) is 10.3 Å². The summed E-state index contributed by atoms with van der Waals surface area (Å²) in [4.78, 5) is 4.40. The molecule has 19 heavy (non-hydrogen) atoms. The van der Waals surface area contributed by atoms with Crippen molar-refractivity contribution >= 4 is 27.7 Å². The third kappa shape index (κ3) is 3.13. The van der Waals surface area contributed by atoms with Gasteiger partial charge in [0.2, 0.25) is 0 Å². The smallest absolute Gasteiger partial charge is 0.110 e. The molecule has 0 aromatic carbocycles. The van der Waals surface area contributed by atoms with Crippen LogP contribution in [0.3, 0.4) is 0 Å². The molecule has 0 amide bonds. The highest BCUT2D eigenvalue weighted by Crippen LogP contribution is 2.42. The predicted molar refractivity (Wildman–Crippen MR) is 79.9 cm³/mol. The summed E-state index contributed by atoms with van der Waals surface area (Å²) in [6, 6.07) is 7.06. The van der Waals surface area contributed by atoms with Crippen LogP contribution < -0.4 is 5.32 Å². The number of rotatable bonds is 4. The Kier molecular flexibility index (Phi) is 3.84. The van der Waals surface area contributed by atoms with Crippen LogP contribution in [0.4, 0.5) is 0 Å². The van der Waals surface area contributed by atoms with Gasteiger partial charge in [0.25, 0.3) is 0 Å². The minimum atomic E-state index is -0.292. The van der Waals surface area contributed by atoms with Gasteiger partial charge in [-0.2, -0.15) is 5.26 Å². The Labute approximate surface area is 126 Å². The van der Waals surface area contributed by atoms with E-state index in [1.54, 1.807) is 11.8 Å². The lowest BCUT2D eigenvalue weighted by molar-refractivity contribution is 0.420. The van der Waals surface area contributed by atoms with Crippen molar-refractivity contribution in [2.24, 2.45) is 0 Å². The Morgan fingerprint density at radius 1 is 1.47 bits per heavy atom. The van der Waals surface area contributed by atoms with E-state index < -0.39 is 0 Å². The monoisotopic (exact) mass is 337 g/mol. The van der Waals surface area contributed by atoms with Crippen molar-refractivity contribution in [3.63, 3.8) is 0 Å². The van der Waals surface area contributed by atoms with E-state index in [1.807, 2.05) is 18.3 Å². The molecule has 1 aromatic heterocycles. The molecule has 1 N–H and O–H groups in total. The Bertz CT molecular complexity index is 512. The van der Waals surface area contributed by atoms with Gasteiger partial charge in [0.15, 0.2) is 0 Å². The zero-order chi connectivity index (χ0) is 13.3. The molecule has 3 nitrogen and oxygen atoms in total. The molecule has 1 heterocycles. The van der Waals surface area contributed by atoms with Crippen LogP contribution in [0.15, 0.2) is 27.8 Å². The van der Waals surface area contributed by atoms with Crippen molar-refractivity contribution in [3.05, 3.63) is 22.8 Å². The molecule has 0 saturated heterocycles. The van der Waals surface area contributed by atoms with Crippen molar-refractivity contribution in [2.45, 2.75) is 54.0 Å². The van der Waals surface area contributed by atoms with Gasteiger partial charge in [0, 0.05) is 22.0 Å². The molecule has 1 aromatic rings. The van der Waals surface area contributed by atoms with Crippen molar-refractivity contribution < 1.29 is 0 Å². The molecule has 0 spiro atoms. The number of halogens is 1. The molecular formula is C14H16BrN3S. The third-order valence-electron chi connectivity index (χ3n) is 3.74. The molecule has 5 heteroatoms. The first-order valence-corrected chi connectivity index (χ1v) is 8.34. The van der Waals surface area contributed by atoms with Crippen LogP contribution >= 0.6 is 27.7 Å². The zero-order valence-corrected chi connectivity index (χ0v) is 13.0. The van der Waals surface area contributed by atoms with Gasteiger partial charge in [0.05, 0.1) is 6.07 Å². The van der Waals surface area contributed by atoms with E-state index in [2.05, 4.69) is 32.3 Å². The largest absolute Gasteiger partial charge is 0.297 e. The molecule has 2 unspecified atom stereocenters. The van der Waals surface area contributed by atoms with Crippen LogP contribution in [-0.2, 0) is 0 Å². The minimum absolute atomic E-state index is 0.292. The number of hydrogen-bond acceptors (Lipinski definition) is 4.